The standard InChI is InChI=1S/C11H11Cl2N3S2/c1-6-10(17-11(14)16-6)18-15-5-7-3-2-4-8(12)9(7)13/h2-4,15H,5H2,1H3,(H2,14,16). The fraction of sp³-hybridized carbons (Fsp3) is 0.182. The van der Waals surface area contributed by atoms with E-state index in [1.54, 1.807) is 6.07 Å². The Labute approximate surface area is 124 Å². The Morgan fingerprint density at radius 2 is 2.22 bits per heavy atom. The molecule has 0 aliphatic heterocycles. The normalized spacial score (nSPS) is 10.8. The van der Waals surface area contributed by atoms with E-state index in [0.717, 1.165) is 15.5 Å². The summed E-state index contributed by atoms with van der Waals surface area (Å²) in [5.74, 6) is 0. The molecule has 1 aromatic heterocycles. The number of nitrogens with two attached hydrogens (primary N) is 1. The maximum atomic E-state index is 6.10. The predicted molar refractivity (Wildman–Crippen MR) is 80.4 cm³/mol. The van der Waals surface area contributed by atoms with Gasteiger partial charge in [-0.25, -0.2) is 4.98 Å². The Morgan fingerprint density at radius 3 is 2.89 bits per heavy atom. The van der Waals surface area contributed by atoms with Crippen molar-refractivity contribution in [3.05, 3.63) is 39.5 Å². The molecule has 0 aliphatic carbocycles. The molecule has 0 spiro atoms. The van der Waals surface area contributed by atoms with Gasteiger partial charge in [0.15, 0.2) is 5.13 Å². The molecule has 0 unspecified atom stereocenters. The zero-order valence-corrected chi connectivity index (χ0v) is 12.7. The van der Waals surface area contributed by atoms with E-state index in [1.165, 1.54) is 23.3 Å². The van der Waals surface area contributed by atoms with Crippen molar-refractivity contribution in [1.29, 1.82) is 0 Å². The van der Waals surface area contributed by atoms with Gasteiger partial charge in [0.2, 0.25) is 0 Å². The summed E-state index contributed by atoms with van der Waals surface area (Å²) in [7, 11) is 0. The minimum atomic E-state index is 0.569. The lowest BCUT2D eigenvalue weighted by Gasteiger charge is -2.06. The van der Waals surface area contributed by atoms with Crippen LogP contribution in [0, 0.1) is 6.92 Å². The fourth-order valence-corrected chi connectivity index (χ4v) is 3.47. The highest BCUT2D eigenvalue weighted by Gasteiger charge is 2.07. The van der Waals surface area contributed by atoms with Crippen LogP contribution in [-0.4, -0.2) is 4.98 Å². The first-order valence-corrected chi connectivity index (χ1v) is 7.52. The van der Waals surface area contributed by atoms with Crippen molar-refractivity contribution in [1.82, 2.24) is 9.71 Å². The van der Waals surface area contributed by atoms with Crippen molar-refractivity contribution in [2.24, 2.45) is 0 Å². The number of aryl methyl sites for hydroxylation is 1. The number of nitrogens with zero attached hydrogens (tertiary/aromatic N) is 1. The number of thiazole rings is 1. The molecule has 0 radical (unpaired) electrons. The SMILES string of the molecule is Cc1nc(N)sc1SNCc1cccc(Cl)c1Cl. The third-order valence-corrected chi connectivity index (χ3v) is 5.14. The number of benzene rings is 1. The number of nitrogen functional groups attached to an aromatic ring is 1. The fourth-order valence-electron chi connectivity index (χ4n) is 1.36. The molecule has 0 saturated carbocycles. The van der Waals surface area contributed by atoms with Gasteiger partial charge in [-0.15, -0.1) is 0 Å². The van der Waals surface area contributed by atoms with Crippen molar-refractivity contribution in [2.45, 2.75) is 17.7 Å². The lowest BCUT2D eigenvalue weighted by atomic mass is 10.2. The lowest BCUT2D eigenvalue weighted by Crippen LogP contribution is -2.03. The van der Waals surface area contributed by atoms with Crippen LogP contribution in [0.25, 0.3) is 0 Å². The summed E-state index contributed by atoms with van der Waals surface area (Å²) >= 11 is 15.0. The van der Waals surface area contributed by atoms with Crippen molar-refractivity contribution in [3.63, 3.8) is 0 Å². The van der Waals surface area contributed by atoms with Crippen LogP contribution in [0.5, 0.6) is 0 Å². The Hall–Kier alpha value is -0.460. The van der Waals surface area contributed by atoms with Crippen LogP contribution in [0.15, 0.2) is 22.4 Å². The average Bonchev–Trinajstić information content (AvgIpc) is 2.63. The van der Waals surface area contributed by atoms with Gasteiger partial charge < -0.3 is 5.73 Å². The van der Waals surface area contributed by atoms with Gasteiger partial charge in [-0.3, -0.25) is 4.72 Å². The van der Waals surface area contributed by atoms with Gasteiger partial charge >= 0.3 is 0 Å². The van der Waals surface area contributed by atoms with E-state index in [4.69, 9.17) is 28.9 Å². The van der Waals surface area contributed by atoms with E-state index in [-0.39, 0.29) is 0 Å². The number of hydrogen-bond donors (Lipinski definition) is 2. The Bertz CT molecular complexity index is 557. The summed E-state index contributed by atoms with van der Waals surface area (Å²) < 4.78 is 4.29. The topological polar surface area (TPSA) is 50.9 Å². The molecule has 2 aromatic rings. The van der Waals surface area contributed by atoms with Crippen LogP contribution in [-0.2, 0) is 6.54 Å². The molecule has 2 rings (SSSR count). The molecule has 0 aliphatic rings. The second-order valence-electron chi connectivity index (χ2n) is 3.56. The summed E-state index contributed by atoms with van der Waals surface area (Å²) in [4.78, 5) is 4.16. The van der Waals surface area contributed by atoms with Crippen molar-refractivity contribution < 1.29 is 0 Å². The average molecular weight is 320 g/mol. The monoisotopic (exact) mass is 319 g/mol. The van der Waals surface area contributed by atoms with E-state index in [1.807, 2.05) is 19.1 Å². The van der Waals surface area contributed by atoms with Crippen LogP contribution in [0.2, 0.25) is 10.0 Å². The van der Waals surface area contributed by atoms with Crippen molar-refractivity contribution >= 4 is 51.6 Å². The van der Waals surface area contributed by atoms with Crippen molar-refractivity contribution in [2.75, 3.05) is 5.73 Å². The molecule has 0 atom stereocenters. The van der Waals surface area contributed by atoms with Gasteiger partial charge in [0.05, 0.1) is 19.9 Å². The lowest BCUT2D eigenvalue weighted by molar-refractivity contribution is 0.976. The maximum Gasteiger partial charge on any atom is 0.181 e. The van der Waals surface area contributed by atoms with Crippen LogP contribution >= 0.6 is 46.5 Å². The summed E-state index contributed by atoms with van der Waals surface area (Å²) in [6.07, 6.45) is 0. The van der Waals surface area contributed by atoms with Gasteiger partial charge in [0, 0.05) is 6.54 Å². The van der Waals surface area contributed by atoms with Crippen molar-refractivity contribution in [3.8, 4) is 0 Å². The van der Waals surface area contributed by atoms with Gasteiger partial charge in [-0.1, -0.05) is 46.7 Å². The number of nitrogens with one attached hydrogen (secondary N) is 1. The van der Waals surface area contributed by atoms with E-state index >= 15 is 0 Å². The minimum Gasteiger partial charge on any atom is -0.375 e. The molecule has 3 nitrogen and oxygen atoms in total. The number of rotatable bonds is 4. The van der Waals surface area contributed by atoms with Crippen LogP contribution in [0.4, 0.5) is 5.13 Å². The third-order valence-electron chi connectivity index (χ3n) is 2.23. The molecular formula is C11H11Cl2N3S2. The van der Waals surface area contributed by atoms with Gasteiger partial charge in [0.1, 0.15) is 0 Å². The molecule has 1 aromatic carbocycles. The van der Waals surface area contributed by atoms with Gasteiger partial charge in [0.25, 0.3) is 0 Å². The first-order valence-electron chi connectivity index (χ1n) is 5.13. The molecule has 0 amide bonds. The molecule has 0 saturated heterocycles. The predicted octanol–water partition coefficient (Wildman–Crippen LogP) is 4.14. The number of hydrogen-bond acceptors (Lipinski definition) is 5. The molecule has 96 valence electrons. The molecule has 18 heavy (non-hydrogen) atoms. The second kappa shape index (κ2) is 6.12. The molecular weight excluding hydrogens is 309 g/mol. The minimum absolute atomic E-state index is 0.569. The highest BCUT2D eigenvalue weighted by Crippen LogP contribution is 2.30. The second-order valence-corrected chi connectivity index (χ2v) is 6.54. The Balaban J connectivity index is 1.96. The zero-order valence-electron chi connectivity index (χ0n) is 9.54. The summed E-state index contributed by atoms with van der Waals surface area (Å²) in [5, 5.41) is 1.74. The Morgan fingerprint density at radius 1 is 1.44 bits per heavy atom. The van der Waals surface area contributed by atoms with Gasteiger partial charge in [-0.2, -0.15) is 0 Å². The number of anilines is 1. The largest absolute Gasteiger partial charge is 0.375 e. The van der Waals surface area contributed by atoms with Gasteiger partial charge in [-0.05, 0) is 30.5 Å². The Kier molecular flexibility index (Phi) is 4.75. The molecule has 0 bridgehead atoms. The highest BCUT2D eigenvalue weighted by molar-refractivity contribution is 7.99. The molecule has 0 fully saturated rings. The molecule has 1 heterocycles. The number of aromatic nitrogens is 1. The summed E-state index contributed by atoms with van der Waals surface area (Å²) in [6.45, 7) is 2.56. The first kappa shape index (κ1) is 14.0. The van der Waals surface area contributed by atoms with E-state index in [2.05, 4.69) is 9.71 Å². The first-order chi connectivity index (χ1) is 8.58. The highest BCUT2D eigenvalue weighted by atomic mass is 35.5. The summed E-state index contributed by atoms with van der Waals surface area (Å²) in [5.41, 5.74) is 7.54. The van der Waals surface area contributed by atoms with E-state index < -0.39 is 0 Å². The maximum absolute atomic E-state index is 6.10. The number of halogens is 2. The molecule has 3 N–H and O–H groups in total. The third kappa shape index (κ3) is 3.30. The summed E-state index contributed by atoms with van der Waals surface area (Å²) in [6, 6.07) is 5.59. The smallest absolute Gasteiger partial charge is 0.181 e. The zero-order chi connectivity index (χ0) is 13.1. The molecule has 7 heteroatoms. The van der Waals surface area contributed by atoms with E-state index in [9.17, 15) is 0 Å². The van der Waals surface area contributed by atoms with Crippen LogP contribution < -0.4 is 10.5 Å². The van der Waals surface area contributed by atoms with E-state index in [0.29, 0.717) is 21.7 Å². The quantitative estimate of drug-likeness (QED) is 0.832. The van der Waals surface area contributed by atoms with Crippen LogP contribution in [0.3, 0.4) is 0 Å². The van der Waals surface area contributed by atoms with Crippen LogP contribution in [0.1, 0.15) is 11.3 Å².